The van der Waals surface area contributed by atoms with Crippen LogP contribution in [0.1, 0.15) is 71.6 Å². The zero-order chi connectivity index (χ0) is 18.8. The Morgan fingerprint density at radius 1 is 1.12 bits per heavy atom. The topological polar surface area (TPSA) is 46.6 Å². The molecule has 1 amide bonds. The Kier molecular flexibility index (Phi) is 17.1. The lowest BCUT2D eigenvalue weighted by atomic mass is 10.1. The SMILES string of the molecule is CCCCCC/C=C/C(CCC)N(C=O)CCSCCCC(=O)OC. The Bertz CT molecular complexity index is 361. The number of rotatable bonds is 17. The molecule has 0 aromatic heterocycles. The van der Waals surface area contributed by atoms with Crippen LogP contribution < -0.4 is 0 Å². The van der Waals surface area contributed by atoms with Crippen molar-refractivity contribution in [2.45, 2.75) is 77.7 Å². The smallest absolute Gasteiger partial charge is 0.305 e. The number of nitrogens with zero attached hydrogens (tertiary/aromatic N) is 1. The lowest BCUT2D eigenvalue weighted by Gasteiger charge is -2.25. The molecule has 4 nitrogen and oxygen atoms in total. The van der Waals surface area contributed by atoms with E-state index in [9.17, 15) is 9.59 Å². The van der Waals surface area contributed by atoms with Crippen molar-refractivity contribution in [1.29, 1.82) is 0 Å². The van der Waals surface area contributed by atoms with E-state index in [1.54, 1.807) is 11.8 Å². The standard InChI is InChI=1S/C20H37NO3S/c1-4-6-7-8-9-10-13-19(12-5-2)21(18-22)15-17-25-16-11-14-20(23)24-3/h10,13,18-19H,4-9,11-12,14-17H2,1-3H3/b13-10+. The number of amides is 1. The lowest BCUT2D eigenvalue weighted by molar-refractivity contribution is -0.140. The van der Waals surface area contributed by atoms with Crippen molar-refractivity contribution >= 4 is 24.1 Å². The molecular formula is C20H37NO3S. The van der Waals surface area contributed by atoms with Gasteiger partial charge in [-0.15, -0.1) is 0 Å². The maximum absolute atomic E-state index is 11.5. The fourth-order valence-corrected chi connectivity index (χ4v) is 3.49. The largest absolute Gasteiger partial charge is 0.469 e. The zero-order valence-corrected chi connectivity index (χ0v) is 17.2. The van der Waals surface area contributed by atoms with Crippen molar-refractivity contribution in [1.82, 2.24) is 4.90 Å². The summed E-state index contributed by atoms with van der Waals surface area (Å²) in [5, 5.41) is 0. The second kappa shape index (κ2) is 17.8. The van der Waals surface area contributed by atoms with E-state index in [1.807, 2.05) is 4.90 Å². The summed E-state index contributed by atoms with van der Waals surface area (Å²) in [5.74, 6) is 1.68. The minimum Gasteiger partial charge on any atom is -0.469 e. The molecule has 1 unspecified atom stereocenters. The first-order valence-electron chi connectivity index (χ1n) is 9.71. The van der Waals surface area contributed by atoms with Crippen molar-refractivity contribution < 1.29 is 14.3 Å². The van der Waals surface area contributed by atoms with Crippen molar-refractivity contribution in [3.63, 3.8) is 0 Å². The predicted octanol–water partition coefficient (Wildman–Crippen LogP) is 4.83. The van der Waals surface area contributed by atoms with Crippen LogP contribution in [0.5, 0.6) is 0 Å². The first-order chi connectivity index (χ1) is 12.2. The summed E-state index contributed by atoms with van der Waals surface area (Å²) in [6.45, 7) is 5.15. The molecule has 0 spiro atoms. The second-order valence-electron chi connectivity index (χ2n) is 6.27. The number of esters is 1. The fraction of sp³-hybridized carbons (Fsp3) is 0.800. The monoisotopic (exact) mass is 371 g/mol. The number of unbranched alkanes of at least 4 members (excludes halogenated alkanes) is 4. The third-order valence-corrected chi connectivity index (χ3v) is 5.17. The van der Waals surface area contributed by atoms with Gasteiger partial charge in [-0.2, -0.15) is 11.8 Å². The number of hydrogen-bond acceptors (Lipinski definition) is 4. The van der Waals surface area contributed by atoms with Gasteiger partial charge in [-0.3, -0.25) is 9.59 Å². The number of ether oxygens (including phenoxy) is 1. The summed E-state index contributed by atoms with van der Waals surface area (Å²) < 4.78 is 4.63. The van der Waals surface area contributed by atoms with Gasteiger partial charge in [0, 0.05) is 24.8 Å². The zero-order valence-electron chi connectivity index (χ0n) is 16.4. The average molecular weight is 372 g/mol. The third-order valence-electron chi connectivity index (χ3n) is 4.12. The number of carbonyl (C=O) groups excluding carboxylic acids is 2. The highest BCUT2D eigenvalue weighted by Gasteiger charge is 2.12. The minimum absolute atomic E-state index is 0.151. The molecule has 0 N–H and O–H groups in total. The first-order valence-corrected chi connectivity index (χ1v) is 10.9. The van der Waals surface area contributed by atoms with Crippen molar-refractivity contribution in [2.75, 3.05) is 25.2 Å². The molecule has 0 aromatic rings. The van der Waals surface area contributed by atoms with Gasteiger partial charge in [0.1, 0.15) is 0 Å². The molecule has 0 rings (SSSR count). The molecule has 0 bridgehead atoms. The van der Waals surface area contributed by atoms with Crippen LogP contribution in [0.15, 0.2) is 12.2 Å². The van der Waals surface area contributed by atoms with Gasteiger partial charge in [0.25, 0.3) is 0 Å². The van der Waals surface area contributed by atoms with Crippen molar-refractivity contribution in [3.05, 3.63) is 12.2 Å². The molecular weight excluding hydrogens is 334 g/mol. The number of thioether (sulfide) groups is 1. The van der Waals surface area contributed by atoms with Crippen LogP contribution in [0.4, 0.5) is 0 Å². The van der Waals surface area contributed by atoms with E-state index in [0.29, 0.717) is 6.42 Å². The van der Waals surface area contributed by atoms with E-state index in [0.717, 1.165) is 50.1 Å². The molecule has 0 aliphatic carbocycles. The van der Waals surface area contributed by atoms with Gasteiger partial charge in [0.05, 0.1) is 7.11 Å². The molecule has 146 valence electrons. The fourth-order valence-electron chi connectivity index (χ4n) is 2.60. The Morgan fingerprint density at radius 2 is 1.92 bits per heavy atom. The molecule has 0 saturated carbocycles. The summed E-state index contributed by atoms with van der Waals surface area (Å²) in [4.78, 5) is 24.4. The molecule has 0 radical (unpaired) electrons. The van der Waals surface area contributed by atoms with Crippen molar-refractivity contribution in [3.8, 4) is 0 Å². The van der Waals surface area contributed by atoms with Crippen LogP contribution in [0, 0.1) is 0 Å². The van der Waals surface area contributed by atoms with E-state index >= 15 is 0 Å². The normalized spacial score (nSPS) is 12.3. The number of methoxy groups -OCH3 is 1. The van der Waals surface area contributed by atoms with E-state index in [4.69, 9.17) is 0 Å². The highest BCUT2D eigenvalue weighted by atomic mass is 32.2. The first kappa shape index (κ1) is 24.0. The van der Waals surface area contributed by atoms with E-state index in [2.05, 4.69) is 30.7 Å². The van der Waals surface area contributed by atoms with E-state index in [1.165, 1.54) is 32.8 Å². The highest BCUT2D eigenvalue weighted by molar-refractivity contribution is 7.99. The van der Waals surface area contributed by atoms with Gasteiger partial charge in [-0.25, -0.2) is 0 Å². The van der Waals surface area contributed by atoms with Gasteiger partial charge in [0.15, 0.2) is 0 Å². The quantitative estimate of drug-likeness (QED) is 0.159. The maximum atomic E-state index is 11.5. The second-order valence-corrected chi connectivity index (χ2v) is 7.49. The molecule has 0 aliphatic rings. The Balaban J connectivity index is 4.09. The summed E-state index contributed by atoms with van der Waals surface area (Å²) in [7, 11) is 1.42. The van der Waals surface area contributed by atoms with Gasteiger partial charge in [0.2, 0.25) is 6.41 Å². The summed E-state index contributed by atoms with van der Waals surface area (Å²) in [5.41, 5.74) is 0. The van der Waals surface area contributed by atoms with Crippen LogP contribution in [-0.2, 0) is 14.3 Å². The maximum Gasteiger partial charge on any atom is 0.305 e. The van der Waals surface area contributed by atoms with Crippen LogP contribution in [-0.4, -0.2) is 48.5 Å². The lowest BCUT2D eigenvalue weighted by Crippen LogP contribution is -2.34. The van der Waals surface area contributed by atoms with Gasteiger partial charge in [-0.05, 0) is 31.4 Å². The van der Waals surface area contributed by atoms with Gasteiger partial charge in [-0.1, -0.05) is 51.7 Å². The Labute approximate surface area is 158 Å². The number of allylic oxidation sites excluding steroid dienone is 1. The van der Waals surface area contributed by atoms with Crippen molar-refractivity contribution in [2.24, 2.45) is 0 Å². The molecule has 0 saturated heterocycles. The van der Waals surface area contributed by atoms with Crippen LogP contribution >= 0.6 is 11.8 Å². The van der Waals surface area contributed by atoms with Crippen LogP contribution in [0.3, 0.4) is 0 Å². The number of hydrogen-bond donors (Lipinski definition) is 0. The third kappa shape index (κ3) is 13.9. The molecule has 5 heteroatoms. The molecule has 0 aromatic carbocycles. The average Bonchev–Trinajstić information content (AvgIpc) is 2.63. The molecule has 25 heavy (non-hydrogen) atoms. The molecule has 1 atom stereocenters. The van der Waals surface area contributed by atoms with Crippen LogP contribution in [0.25, 0.3) is 0 Å². The van der Waals surface area contributed by atoms with Crippen LogP contribution in [0.2, 0.25) is 0 Å². The minimum atomic E-state index is -0.151. The number of carbonyl (C=O) groups is 2. The van der Waals surface area contributed by atoms with E-state index < -0.39 is 0 Å². The van der Waals surface area contributed by atoms with Gasteiger partial charge < -0.3 is 9.64 Å². The Morgan fingerprint density at radius 3 is 2.56 bits per heavy atom. The van der Waals surface area contributed by atoms with Gasteiger partial charge >= 0.3 is 5.97 Å². The van der Waals surface area contributed by atoms with E-state index in [-0.39, 0.29) is 12.0 Å². The Hall–Kier alpha value is -0.970. The summed E-state index contributed by atoms with van der Waals surface area (Å²) in [6.07, 6.45) is 15.0. The molecule has 0 heterocycles. The summed E-state index contributed by atoms with van der Waals surface area (Å²) >= 11 is 1.79. The summed E-state index contributed by atoms with van der Waals surface area (Å²) in [6, 6.07) is 0.212. The predicted molar refractivity (Wildman–Crippen MR) is 108 cm³/mol. The molecule has 0 fully saturated rings. The highest BCUT2D eigenvalue weighted by Crippen LogP contribution is 2.12. The molecule has 0 aliphatic heterocycles.